The van der Waals surface area contributed by atoms with Crippen molar-refractivity contribution in [3.8, 4) is 6.07 Å². The zero-order valence-electron chi connectivity index (χ0n) is 16.5. The summed E-state index contributed by atoms with van der Waals surface area (Å²) in [5.74, 6) is 1.20. The van der Waals surface area contributed by atoms with E-state index in [1.54, 1.807) is 29.9 Å². The average molecular weight is 416 g/mol. The third-order valence-electron chi connectivity index (χ3n) is 5.80. The van der Waals surface area contributed by atoms with E-state index in [1.165, 1.54) is 10.1 Å². The van der Waals surface area contributed by atoms with Crippen LogP contribution in [-0.2, 0) is 0 Å². The van der Waals surface area contributed by atoms with Gasteiger partial charge in [0.25, 0.3) is 0 Å². The number of rotatable bonds is 5. The van der Waals surface area contributed by atoms with Gasteiger partial charge < -0.3 is 9.88 Å². The van der Waals surface area contributed by atoms with Crippen LogP contribution in [0.3, 0.4) is 0 Å². The van der Waals surface area contributed by atoms with Crippen molar-refractivity contribution in [2.45, 2.75) is 6.42 Å². The van der Waals surface area contributed by atoms with E-state index in [0.717, 1.165) is 49.4 Å². The van der Waals surface area contributed by atoms with E-state index in [0.29, 0.717) is 17.5 Å². The largest absolute Gasteiger partial charge is 0.360 e. The summed E-state index contributed by atoms with van der Waals surface area (Å²) in [6.07, 6.45) is 2.24. The minimum atomic E-state index is 0.115. The fraction of sp³-hybridized carbons (Fsp3) is 0.261. The lowest BCUT2D eigenvalue weighted by Gasteiger charge is -2.34. The van der Waals surface area contributed by atoms with Gasteiger partial charge >= 0.3 is 0 Å². The third-order valence-corrected chi connectivity index (χ3v) is 6.61. The van der Waals surface area contributed by atoms with Crippen LogP contribution in [0, 0.1) is 11.3 Å². The van der Waals surface area contributed by atoms with E-state index in [1.807, 2.05) is 12.1 Å². The summed E-state index contributed by atoms with van der Waals surface area (Å²) in [4.78, 5) is 20.6. The molecular formula is C23H21N5OS. The maximum absolute atomic E-state index is 12.8. The molecule has 1 aliphatic heterocycles. The molecule has 2 aromatic heterocycles. The first-order chi connectivity index (χ1) is 14.7. The first-order valence-electron chi connectivity index (χ1n) is 10.1. The zero-order chi connectivity index (χ0) is 20.5. The number of carbonyl (C=O) groups is 1. The Labute approximate surface area is 178 Å². The number of nitriles is 1. The summed E-state index contributed by atoms with van der Waals surface area (Å²) >= 11 is 1.55. The van der Waals surface area contributed by atoms with Crippen LogP contribution in [0.15, 0.2) is 48.7 Å². The Morgan fingerprint density at radius 3 is 2.80 bits per heavy atom. The van der Waals surface area contributed by atoms with Crippen molar-refractivity contribution in [3.63, 3.8) is 0 Å². The highest BCUT2D eigenvalue weighted by Crippen LogP contribution is 2.30. The predicted octanol–water partition coefficient (Wildman–Crippen LogP) is 4.04. The second-order valence-electron chi connectivity index (χ2n) is 7.58. The molecule has 1 aliphatic rings. The van der Waals surface area contributed by atoms with Crippen molar-refractivity contribution in [2.75, 3.05) is 37.6 Å². The number of aromatic amines is 1. The molecular weight excluding hydrogens is 394 g/mol. The molecule has 0 atom stereocenters. The number of hydrogen-bond acceptors (Lipinski definition) is 6. The van der Waals surface area contributed by atoms with Gasteiger partial charge in [0.1, 0.15) is 5.82 Å². The fourth-order valence-corrected chi connectivity index (χ4v) is 4.89. The van der Waals surface area contributed by atoms with E-state index in [-0.39, 0.29) is 5.78 Å². The Morgan fingerprint density at radius 2 is 1.97 bits per heavy atom. The standard InChI is InChI=1S/C23H21N5OS/c24-14-16-5-6-20-18(13-16)19(15-25-20)21(29)7-8-27-9-11-28(12-10-27)23-17-3-1-2-4-22(17)30-26-23/h1-6,13,15,25H,7-12H2. The Balaban J connectivity index is 1.20. The van der Waals surface area contributed by atoms with Gasteiger partial charge in [-0.15, -0.1) is 0 Å². The van der Waals surface area contributed by atoms with Crippen molar-refractivity contribution < 1.29 is 4.79 Å². The molecule has 0 amide bonds. The lowest BCUT2D eigenvalue weighted by atomic mass is 10.0. The lowest BCUT2D eigenvalue weighted by molar-refractivity contribution is 0.0964. The van der Waals surface area contributed by atoms with Crippen LogP contribution in [0.5, 0.6) is 0 Å². The SMILES string of the molecule is N#Cc1ccc2[nH]cc(C(=O)CCN3CCN(c4nsc5ccccc45)CC3)c2c1. The second kappa shape index (κ2) is 7.90. The Bertz CT molecular complexity index is 1260. The van der Waals surface area contributed by atoms with Crippen molar-refractivity contribution >= 4 is 44.1 Å². The van der Waals surface area contributed by atoms with Gasteiger partial charge in [-0.1, -0.05) is 12.1 Å². The van der Waals surface area contributed by atoms with Gasteiger partial charge in [0.05, 0.1) is 16.3 Å². The van der Waals surface area contributed by atoms with Gasteiger partial charge in [-0.05, 0) is 41.9 Å². The van der Waals surface area contributed by atoms with E-state index in [9.17, 15) is 4.79 Å². The molecule has 0 spiro atoms. The zero-order valence-corrected chi connectivity index (χ0v) is 17.3. The molecule has 1 saturated heterocycles. The number of H-pyrrole nitrogens is 1. The van der Waals surface area contributed by atoms with Crippen molar-refractivity contribution in [1.29, 1.82) is 5.26 Å². The molecule has 2 aromatic carbocycles. The summed E-state index contributed by atoms with van der Waals surface area (Å²) in [7, 11) is 0. The molecule has 3 heterocycles. The van der Waals surface area contributed by atoms with Gasteiger partial charge in [0.2, 0.25) is 0 Å². The molecule has 0 aliphatic carbocycles. The molecule has 0 unspecified atom stereocenters. The maximum Gasteiger partial charge on any atom is 0.166 e. The third kappa shape index (κ3) is 3.45. The number of fused-ring (bicyclic) bond motifs is 2. The first kappa shape index (κ1) is 18.8. The topological polar surface area (TPSA) is 76.0 Å². The number of piperazine rings is 1. The van der Waals surface area contributed by atoms with Crippen LogP contribution in [-0.4, -0.2) is 52.8 Å². The Morgan fingerprint density at radius 1 is 1.13 bits per heavy atom. The van der Waals surface area contributed by atoms with Gasteiger partial charge in [-0.2, -0.15) is 9.64 Å². The first-order valence-corrected chi connectivity index (χ1v) is 10.9. The molecule has 30 heavy (non-hydrogen) atoms. The number of anilines is 1. The molecule has 1 N–H and O–H groups in total. The van der Waals surface area contributed by atoms with Crippen LogP contribution >= 0.6 is 11.5 Å². The molecule has 6 nitrogen and oxygen atoms in total. The number of benzene rings is 2. The van der Waals surface area contributed by atoms with Crippen LogP contribution in [0.2, 0.25) is 0 Å². The number of carbonyl (C=O) groups excluding carboxylic acids is 1. The number of aromatic nitrogens is 2. The van der Waals surface area contributed by atoms with Gasteiger partial charge in [-0.25, -0.2) is 0 Å². The van der Waals surface area contributed by atoms with Crippen molar-refractivity contribution in [1.82, 2.24) is 14.3 Å². The highest BCUT2D eigenvalue weighted by Gasteiger charge is 2.21. The molecule has 5 rings (SSSR count). The Hall–Kier alpha value is -3.21. The van der Waals surface area contributed by atoms with E-state index in [4.69, 9.17) is 5.26 Å². The molecule has 1 fully saturated rings. The monoisotopic (exact) mass is 415 g/mol. The van der Waals surface area contributed by atoms with Gasteiger partial charge in [0, 0.05) is 67.2 Å². The van der Waals surface area contributed by atoms with Crippen molar-refractivity contribution in [2.24, 2.45) is 0 Å². The molecule has 0 bridgehead atoms. The average Bonchev–Trinajstić information content (AvgIpc) is 3.42. The second-order valence-corrected chi connectivity index (χ2v) is 8.38. The van der Waals surface area contributed by atoms with Crippen LogP contribution in [0.4, 0.5) is 5.82 Å². The molecule has 150 valence electrons. The minimum absolute atomic E-state index is 0.115. The molecule has 0 radical (unpaired) electrons. The molecule has 7 heteroatoms. The van der Waals surface area contributed by atoms with E-state index >= 15 is 0 Å². The van der Waals surface area contributed by atoms with Crippen LogP contribution < -0.4 is 4.90 Å². The van der Waals surface area contributed by atoms with Crippen molar-refractivity contribution in [3.05, 3.63) is 59.8 Å². The summed E-state index contributed by atoms with van der Waals surface area (Å²) in [5, 5.41) is 11.2. The predicted molar refractivity (Wildman–Crippen MR) is 120 cm³/mol. The summed E-state index contributed by atoms with van der Waals surface area (Å²) in [6, 6.07) is 15.9. The highest BCUT2D eigenvalue weighted by atomic mass is 32.1. The molecule has 4 aromatic rings. The number of ketones is 1. The quantitative estimate of drug-likeness (QED) is 0.498. The Kier molecular flexibility index (Phi) is 4.95. The summed E-state index contributed by atoms with van der Waals surface area (Å²) in [5.41, 5.74) is 2.14. The number of hydrogen-bond donors (Lipinski definition) is 1. The molecule has 0 saturated carbocycles. The summed E-state index contributed by atoms with van der Waals surface area (Å²) in [6.45, 7) is 4.42. The number of nitrogens with one attached hydrogen (secondary N) is 1. The van der Waals surface area contributed by atoms with Crippen LogP contribution in [0.25, 0.3) is 21.0 Å². The lowest BCUT2D eigenvalue weighted by Crippen LogP contribution is -2.47. The summed E-state index contributed by atoms with van der Waals surface area (Å²) < 4.78 is 5.88. The normalized spacial score (nSPS) is 15.0. The smallest absolute Gasteiger partial charge is 0.166 e. The highest BCUT2D eigenvalue weighted by molar-refractivity contribution is 7.13. The van der Waals surface area contributed by atoms with Gasteiger partial charge in [0.15, 0.2) is 5.78 Å². The minimum Gasteiger partial charge on any atom is -0.360 e. The maximum atomic E-state index is 12.8. The van der Waals surface area contributed by atoms with Crippen LogP contribution in [0.1, 0.15) is 22.3 Å². The number of nitrogens with zero attached hydrogens (tertiary/aromatic N) is 4. The fourth-order valence-electron chi connectivity index (χ4n) is 4.10. The van der Waals surface area contributed by atoms with E-state index in [2.05, 4.69) is 43.4 Å². The van der Waals surface area contributed by atoms with Gasteiger partial charge in [-0.3, -0.25) is 9.69 Å². The van der Waals surface area contributed by atoms with E-state index < -0.39 is 0 Å². The number of Topliss-reactive ketones (excluding diaryl/α,β-unsaturated/α-hetero) is 1.